The van der Waals surface area contributed by atoms with Crippen LogP contribution < -0.4 is 5.32 Å². The number of nitrogens with one attached hydrogen (secondary N) is 1. The van der Waals surface area contributed by atoms with Gasteiger partial charge in [0.25, 0.3) is 0 Å². The van der Waals surface area contributed by atoms with E-state index >= 15 is 0 Å². The highest BCUT2D eigenvalue weighted by Crippen LogP contribution is 2.06. The van der Waals surface area contributed by atoms with E-state index in [4.69, 9.17) is 0 Å². The van der Waals surface area contributed by atoms with Gasteiger partial charge in [-0.3, -0.25) is 9.59 Å². The smallest absolute Gasteiger partial charge is 0.219 e. The molecule has 1 rings (SSSR count). The molecule has 3 nitrogen and oxygen atoms in total. The van der Waals surface area contributed by atoms with Crippen LogP contribution in [0.3, 0.4) is 0 Å². The zero-order valence-corrected chi connectivity index (χ0v) is 7.97. The molecule has 1 saturated heterocycles. The number of rotatable bonds is 0. The van der Waals surface area contributed by atoms with Gasteiger partial charge >= 0.3 is 0 Å². The fourth-order valence-corrected chi connectivity index (χ4v) is 1.50. The summed E-state index contributed by atoms with van der Waals surface area (Å²) in [6.07, 6.45) is 5.48. The molecule has 1 amide bonds. The summed E-state index contributed by atoms with van der Waals surface area (Å²) in [4.78, 5) is 22.3. The second-order valence-electron chi connectivity index (χ2n) is 3.55. The molecule has 1 fully saturated rings. The van der Waals surface area contributed by atoms with Crippen molar-refractivity contribution in [2.45, 2.75) is 44.9 Å². The van der Waals surface area contributed by atoms with Crippen LogP contribution in [0.5, 0.6) is 0 Å². The third kappa shape index (κ3) is 4.65. The Balaban J connectivity index is 2.30. The molecule has 0 unspecified atom stereocenters. The molecule has 1 aliphatic heterocycles. The maximum atomic E-state index is 11.2. The van der Waals surface area contributed by atoms with Crippen LogP contribution in [0.25, 0.3) is 0 Å². The van der Waals surface area contributed by atoms with Crippen LogP contribution in [-0.2, 0) is 9.59 Å². The van der Waals surface area contributed by atoms with Crippen molar-refractivity contribution in [3.8, 4) is 0 Å². The van der Waals surface area contributed by atoms with Crippen molar-refractivity contribution in [2.75, 3.05) is 6.54 Å². The lowest BCUT2D eigenvalue weighted by atomic mass is 10.1. The average molecular weight is 183 g/mol. The lowest BCUT2D eigenvalue weighted by molar-refractivity contribution is -0.121. The number of ketones is 1. The maximum Gasteiger partial charge on any atom is 0.219 e. The first-order valence-electron chi connectivity index (χ1n) is 5.07. The van der Waals surface area contributed by atoms with Gasteiger partial charge in [-0.25, -0.2) is 0 Å². The van der Waals surface area contributed by atoms with Crippen molar-refractivity contribution in [1.82, 2.24) is 5.32 Å². The van der Waals surface area contributed by atoms with Gasteiger partial charge in [-0.05, 0) is 25.7 Å². The maximum absolute atomic E-state index is 11.2. The Bertz CT molecular complexity index is 169. The first-order chi connectivity index (χ1) is 6.29. The van der Waals surface area contributed by atoms with Gasteiger partial charge in [-0.2, -0.15) is 0 Å². The summed E-state index contributed by atoms with van der Waals surface area (Å²) in [5.74, 6) is 0.490. The summed E-state index contributed by atoms with van der Waals surface area (Å²) < 4.78 is 0. The zero-order chi connectivity index (χ0) is 9.52. The molecule has 74 valence electrons. The molecule has 0 aromatic carbocycles. The van der Waals surface area contributed by atoms with Crippen LogP contribution in [0.4, 0.5) is 0 Å². The number of hydrogen-bond acceptors (Lipinski definition) is 2. The third-order valence-electron chi connectivity index (χ3n) is 2.31. The van der Waals surface area contributed by atoms with E-state index < -0.39 is 0 Å². The minimum atomic E-state index is 0.134. The molecule has 3 heteroatoms. The van der Waals surface area contributed by atoms with Crippen molar-refractivity contribution in [3.63, 3.8) is 0 Å². The topological polar surface area (TPSA) is 46.2 Å². The van der Waals surface area contributed by atoms with E-state index in [0.29, 0.717) is 25.0 Å². The minimum absolute atomic E-state index is 0.134. The lowest BCUT2D eigenvalue weighted by Crippen LogP contribution is -2.23. The van der Waals surface area contributed by atoms with Gasteiger partial charge in [0, 0.05) is 25.8 Å². The summed E-state index contributed by atoms with van der Waals surface area (Å²) in [5.41, 5.74) is 0. The second-order valence-corrected chi connectivity index (χ2v) is 3.55. The van der Waals surface area contributed by atoms with Crippen LogP contribution in [0.2, 0.25) is 0 Å². The van der Waals surface area contributed by atoms with Crippen LogP contribution in [-0.4, -0.2) is 18.2 Å². The number of hydrogen-bond donors (Lipinski definition) is 1. The van der Waals surface area contributed by atoms with Crippen LogP contribution in [0.15, 0.2) is 0 Å². The summed E-state index contributed by atoms with van der Waals surface area (Å²) in [7, 11) is 0. The largest absolute Gasteiger partial charge is 0.356 e. The Morgan fingerprint density at radius 3 is 2.23 bits per heavy atom. The zero-order valence-electron chi connectivity index (χ0n) is 7.97. The van der Waals surface area contributed by atoms with Gasteiger partial charge in [0.2, 0.25) is 5.91 Å². The van der Waals surface area contributed by atoms with Gasteiger partial charge in [-0.1, -0.05) is 0 Å². The first kappa shape index (κ1) is 10.2. The quantitative estimate of drug-likeness (QED) is 0.617. The highest BCUT2D eigenvalue weighted by Gasteiger charge is 2.06. The van der Waals surface area contributed by atoms with E-state index in [1.807, 2.05) is 0 Å². The molecule has 1 heterocycles. The molecule has 0 aliphatic carbocycles. The highest BCUT2D eigenvalue weighted by atomic mass is 16.1. The van der Waals surface area contributed by atoms with E-state index in [1.54, 1.807) is 0 Å². The summed E-state index contributed by atoms with van der Waals surface area (Å²) in [5, 5.41) is 2.84. The summed E-state index contributed by atoms with van der Waals surface area (Å²) in [6.45, 7) is 0.728. The molecule has 0 saturated carbocycles. The molecule has 1 N–H and O–H groups in total. The number of carbonyl (C=O) groups is 2. The second kappa shape index (κ2) is 5.73. The molecule has 0 radical (unpaired) electrons. The minimum Gasteiger partial charge on any atom is -0.356 e. The molecule has 13 heavy (non-hydrogen) atoms. The Morgan fingerprint density at radius 1 is 0.846 bits per heavy atom. The van der Waals surface area contributed by atoms with Gasteiger partial charge in [0.05, 0.1) is 0 Å². The number of carbonyl (C=O) groups excluding carboxylic acids is 2. The van der Waals surface area contributed by atoms with Gasteiger partial charge in [0.1, 0.15) is 5.78 Å². The molecule has 0 spiro atoms. The molecule has 0 aromatic heterocycles. The monoisotopic (exact) mass is 183 g/mol. The third-order valence-corrected chi connectivity index (χ3v) is 2.31. The normalized spacial score (nSPS) is 21.8. The first-order valence-corrected chi connectivity index (χ1v) is 5.07. The number of amides is 1. The standard InChI is InChI=1S/C10H17NO2/c12-9-5-1-2-7-10(13)11-8-4-3-6-9/h1-8H2,(H,11,13). The molecular weight excluding hydrogens is 166 g/mol. The van der Waals surface area contributed by atoms with Gasteiger partial charge < -0.3 is 5.32 Å². The predicted octanol–water partition coefficient (Wildman–Crippen LogP) is 1.42. The molecule has 0 bridgehead atoms. The van der Waals surface area contributed by atoms with Crippen molar-refractivity contribution < 1.29 is 9.59 Å². The molecular formula is C10H17NO2. The average Bonchev–Trinajstić information content (AvgIpc) is 2.14. The van der Waals surface area contributed by atoms with Crippen LogP contribution in [0, 0.1) is 0 Å². The Morgan fingerprint density at radius 2 is 1.46 bits per heavy atom. The predicted molar refractivity (Wildman–Crippen MR) is 50.3 cm³/mol. The summed E-state index contributed by atoms with van der Waals surface area (Å²) in [6, 6.07) is 0. The summed E-state index contributed by atoms with van der Waals surface area (Å²) >= 11 is 0. The van der Waals surface area contributed by atoms with Crippen molar-refractivity contribution in [3.05, 3.63) is 0 Å². The van der Waals surface area contributed by atoms with E-state index in [9.17, 15) is 9.59 Å². The Kier molecular flexibility index (Phi) is 4.50. The van der Waals surface area contributed by atoms with E-state index in [-0.39, 0.29) is 5.91 Å². The fraction of sp³-hybridized carbons (Fsp3) is 0.800. The fourth-order valence-electron chi connectivity index (χ4n) is 1.50. The molecule has 1 aliphatic rings. The van der Waals surface area contributed by atoms with Crippen LogP contribution in [0.1, 0.15) is 44.9 Å². The van der Waals surface area contributed by atoms with Crippen molar-refractivity contribution in [2.24, 2.45) is 0 Å². The van der Waals surface area contributed by atoms with E-state index in [1.165, 1.54) is 0 Å². The SMILES string of the molecule is O=C1CCCCNC(=O)CCCC1. The van der Waals surface area contributed by atoms with Crippen LogP contribution >= 0.6 is 0 Å². The van der Waals surface area contributed by atoms with E-state index in [2.05, 4.69) is 5.32 Å². The number of Topliss-reactive ketones (excluding diaryl/α,β-unsaturated/α-hetero) is 1. The lowest BCUT2D eigenvalue weighted by Gasteiger charge is -2.01. The van der Waals surface area contributed by atoms with Gasteiger partial charge in [0.15, 0.2) is 0 Å². The molecule has 0 atom stereocenters. The molecule has 0 aromatic rings. The Labute approximate surface area is 78.9 Å². The van der Waals surface area contributed by atoms with Crippen molar-refractivity contribution in [1.29, 1.82) is 0 Å². The Hall–Kier alpha value is -0.860. The van der Waals surface area contributed by atoms with E-state index in [0.717, 1.165) is 32.2 Å². The van der Waals surface area contributed by atoms with Gasteiger partial charge in [-0.15, -0.1) is 0 Å². The van der Waals surface area contributed by atoms with Crippen molar-refractivity contribution >= 4 is 11.7 Å². The highest BCUT2D eigenvalue weighted by molar-refractivity contribution is 5.78.